The van der Waals surface area contributed by atoms with Crippen LogP contribution < -0.4 is 15.6 Å². The number of hydrogen-bond acceptors (Lipinski definition) is 5. The molecule has 2 aliphatic rings. The first-order valence-electron chi connectivity index (χ1n) is 15.9. The van der Waals surface area contributed by atoms with Crippen molar-refractivity contribution in [1.82, 2.24) is 9.88 Å². The van der Waals surface area contributed by atoms with Gasteiger partial charge in [-0.3, -0.25) is 19.0 Å². The Morgan fingerprint density at radius 3 is 2.45 bits per heavy atom. The summed E-state index contributed by atoms with van der Waals surface area (Å²) in [6, 6.07) is 9.75. The third-order valence-corrected chi connectivity index (χ3v) is 8.90. The molecule has 6 rings (SSSR count). The first kappa shape index (κ1) is 33.9. The molecule has 3 aromatic carbocycles. The van der Waals surface area contributed by atoms with E-state index in [2.05, 4.69) is 5.32 Å². The number of amides is 1. The molecule has 1 aromatic heterocycles. The maximum Gasteiger partial charge on any atom is 0.416 e. The molecule has 0 saturated heterocycles. The van der Waals surface area contributed by atoms with Crippen molar-refractivity contribution in [1.29, 1.82) is 0 Å². The average Bonchev–Trinajstić information content (AvgIpc) is 3.88. The molecule has 4 bridgehead atoms. The van der Waals surface area contributed by atoms with Crippen molar-refractivity contribution in [2.45, 2.75) is 70.8 Å². The second kappa shape index (κ2) is 13.1. The molecule has 1 aliphatic carbocycles. The van der Waals surface area contributed by atoms with Crippen LogP contribution in [0.2, 0.25) is 0 Å². The number of esters is 1. The van der Waals surface area contributed by atoms with Crippen LogP contribution in [0.25, 0.3) is 11.1 Å². The summed E-state index contributed by atoms with van der Waals surface area (Å²) in [4.78, 5) is 41.2. The zero-order valence-corrected chi connectivity index (χ0v) is 26.9. The fourth-order valence-corrected chi connectivity index (χ4v) is 6.46. The van der Waals surface area contributed by atoms with Gasteiger partial charge in [0, 0.05) is 28.5 Å². The fourth-order valence-electron chi connectivity index (χ4n) is 6.46. The zero-order chi connectivity index (χ0) is 35.2. The lowest BCUT2D eigenvalue weighted by molar-refractivity contribution is -0.144. The van der Waals surface area contributed by atoms with Gasteiger partial charge < -0.3 is 14.8 Å². The van der Waals surface area contributed by atoms with E-state index in [1.54, 1.807) is 25.1 Å². The molecule has 1 fully saturated rings. The zero-order valence-electron chi connectivity index (χ0n) is 26.9. The third kappa shape index (κ3) is 6.68. The lowest BCUT2D eigenvalue weighted by Gasteiger charge is -2.27. The monoisotopic (exact) mass is 680 g/mol. The van der Waals surface area contributed by atoms with Crippen LogP contribution in [0.4, 0.5) is 22.0 Å². The van der Waals surface area contributed by atoms with Gasteiger partial charge in [-0.25, -0.2) is 8.78 Å². The number of fused-ring (bicyclic) bond motifs is 6. The van der Waals surface area contributed by atoms with Crippen LogP contribution in [-0.4, -0.2) is 23.1 Å². The molecule has 7 nitrogen and oxygen atoms in total. The Hall–Kier alpha value is -5.00. The van der Waals surface area contributed by atoms with E-state index in [1.807, 2.05) is 13.0 Å². The van der Waals surface area contributed by atoms with Crippen molar-refractivity contribution in [2.24, 2.45) is 0 Å². The minimum atomic E-state index is -4.84. The number of carbonyl (C=O) groups is 2. The quantitative estimate of drug-likeness (QED) is 0.173. The Morgan fingerprint density at radius 2 is 1.76 bits per heavy atom. The molecule has 1 N–H and O–H groups in total. The van der Waals surface area contributed by atoms with Gasteiger partial charge in [0.15, 0.2) is 0 Å². The topological polar surface area (TPSA) is 86.6 Å². The van der Waals surface area contributed by atoms with Crippen LogP contribution in [0, 0.1) is 25.5 Å². The van der Waals surface area contributed by atoms with Crippen LogP contribution in [0.3, 0.4) is 0 Å². The normalized spacial score (nSPS) is 17.8. The molecule has 1 saturated carbocycles. The first-order chi connectivity index (χ1) is 23.3. The molecule has 1 aliphatic heterocycles. The minimum Gasteiger partial charge on any atom is -0.488 e. The molecule has 2 atom stereocenters. The van der Waals surface area contributed by atoms with Crippen molar-refractivity contribution >= 4 is 11.9 Å². The predicted octanol–water partition coefficient (Wildman–Crippen LogP) is 7.60. The average molecular weight is 681 g/mol. The number of halogens is 5. The van der Waals surface area contributed by atoms with Gasteiger partial charge in [-0.2, -0.15) is 13.2 Å². The number of pyridine rings is 1. The second-order valence-electron chi connectivity index (χ2n) is 12.4. The number of ether oxygens (including phenoxy) is 2. The molecule has 2 heterocycles. The number of carbonyl (C=O) groups excluding carboxylic acids is 2. The van der Waals surface area contributed by atoms with Crippen molar-refractivity contribution in [2.75, 3.05) is 6.61 Å². The number of benzene rings is 3. The van der Waals surface area contributed by atoms with E-state index >= 15 is 8.78 Å². The molecule has 0 radical (unpaired) electrons. The van der Waals surface area contributed by atoms with Crippen molar-refractivity contribution < 1.29 is 41.0 Å². The van der Waals surface area contributed by atoms with E-state index in [0.29, 0.717) is 41.3 Å². The molecule has 0 spiro atoms. The smallest absolute Gasteiger partial charge is 0.416 e. The molecule has 0 unspecified atom stereocenters. The Morgan fingerprint density at radius 1 is 1.00 bits per heavy atom. The lowest BCUT2D eigenvalue weighted by Crippen LogP contribution is -2.42. The van der Waals surface area contributed by atoms with E-state index in [0.717, 1.165) is 22.4 Å². The van der Waals surface area contributed by atoms with E-state index in [1.165, 1.54) is 25.1 Å². The minimum absolute atomic E-state index is 0.00349. The molecule has 256 valence electrons. The number of aromatic nitrogens is 1. The number of alkyl halides is 3. The third-order valence-electron chi connectivity index (χ3n) is 8.90. The highest BCUT2D eigenvalue weighted by molar-refractivity contribution is 5.85. The summed E-state index contributed by atoms with van der Waals surface area (Å²) in [5, 5.41) is 2.64. The maximum atomic E-state index is 16.1. The number of aryl methyl sites for hydroxylation is 2. The van der Waals surface area contributed by atoms with Gasteiger partial charge in [0.05, 0.1) is 24.6 Å². The van der Waals surface area contributed by atoms with Crippen molar-refractivity contribution in [3.63, 3.8) is 0 Å². The van der Waals surface area contributed by atoms with Gasteiger partial charge in [0.25, 0.3) is 5.56 Å². The van der Waals surface area contributed by atoms with Gasteiger partial charge in [-0.15, -0.1) is 0 Å². The summed E-state index contributed by atoms with van der Waals surface area (Å²) in [6.07, 6.45) is -3.88. The molecule has 12 heteroatoms. The van der Waals surface area contributed by atoms with Gasteiger partial charge in [0.2, 0.25) is 5.91 Å². The standard InChI is InChI=1S/C37H33F5N2O5/c1-4-48-30(45)17-28-25-16-23(14-20(3)33(25)39)31-19(2)6-5-7-29(31)49-18-21-8-11-27(38)24(15-21)34(35(46)43-28)44-13-12-26(37(40,41)42)32(36(44)47)22-9-10-22/h5-8,11-16,22,28,34H,4,9-10,17-18H2,1-3H3,(H,43,46)/t28-,34-/m0/s1. The summed E-state index contributed by atoms with van der Waals surface area (Å²) >= 11 is 0. The van der Waals surface area contributed by atoms with Gasteiger partial charge in [-0.1, -0.05) is 18.2 Å². The number of hydrogen-bond donors (Lipinski definition) is 1. The van der Waals surface area contributed by atoms with Crippen molar-refractivity contribution in [3.8, 4) is 16.9 Å². The highest BCUT2D eigenvalue weighted by Gasteiger charge is 2.42. The summed E-state index contributed by atoms with van der Waals surface area (Å²) in [6.45, 7) is 4.84. The largest absolute Gasteiger partial charge is 0.488 e. The predicted molar refractivity (Wildman–Crippen MR) is 170 cm³/mol. The second-order valence-corrected chi connectivity index (χ2v) is 12.4. The highest BCUT2D eigenvalue weighted by Crippen LogP contribution is 2.45. The Bertz CT molecular complexity index is 2020. The SMILES string of the molecule is CCOC(=O)C[C@@H]1NC(=O)[C@@H](n2ccc(C(F)(F)F)c(C3CC3)c2=O)c2cc(ccc2F)COc2cccc(C)c2-c2cc(C)c(F)c1c2. The molecular weight excluding hydrogens is 647 g/mol. The number of nitrogens with one attached hydrogen (secondary N) is 1. The summed E-state index contributed by atoms with van der Waals surface area (Å²) in [5.74, 6) is -3.72. The van der Waals surface area contributed by atoms with Crippen LogP contribution >= 0.6 is 0 Å². The Labute approximate surface area is 278 Å². The van der Waals surface area contributed by atoms with Crippen LogP contribution in [0.15, 0.2) is 65.6 Å². The van der Waals surface area contributed by atoms with Crippen LogP contribution in [0.1, 0.15) is 83.1 Å². The first-order valence-corrected chi connectivity index (χ1v) is 15.9. The van der Waals surface area contributed by atoms with E-state index < -0.39 is 70.8 Å². The molecular formula is C37H33F5N2O5. The highest BCUT2D eigenvalue weighted by atomic mass is 19.4. The van der Waals surface area contributed by atoms with Crippen LogP contribution in [-0.2, 0) is 27.1 Å². The van der Waals surface area contributed by atoms with Gasteiger partial charge in [0.1, 0.15) is 30.0 Å². The fraction of sp³-hybridized carbons (Fsp3) is 0.324. The number of nitrogens with zero attached hydrogens (tertiary/aromatic N) is 1. The number of rotatable bonds is 5. The van der Waals surface area contributed by atoms with E-state index in [-0.39, 0.29) is 29.9 Å². The van der Waals surface area contributed by atoms with Gasteiger partial charge >= 0.3 is 12.1 Å². The Kier molecular flexibility index (Phi) is 9.08. The summed E-state index contributed by atoms with van der Waals surface area (Å²) < 4.78 is 86.1. The lowest BCUT2D eigenvalue weighted by atomic mass is 9.91. The molecule has 49 heavy (non-hydrogen) atoms. The maximum absolute atomic E-state index is 16.1. The van der Waals surface area contributed by atoms with E-state index in [9.17, 15) is 27.6 Å². The molecule has 1 amide bonds. The molecule has 4 aromatic rings. The van der Waals surface area contributed by atoms with Gasteiger partial charge in [-0.05, 0) is 98.2 Å². The van der Waals surface area contributed by atoms with Crippen molar-refractivity contribution in [3.05, 3.63) is 122 Å². The summed E-state index contributed by atoms with van der Waals surface area (Å²) in [5.41, 5.74) is -0.595. The van der Waals surface area contributed by atoms with E-state index in [4.69, 9.17) is 9.47 Å². The summed E-state index contributed by atoms with van der Waals surface area (Å²) in [7, 11) is 0. The van der Waals surface area contributed by atoms with Crippen LogP contribution in [0.5, 0.6) is 5.75 Å². The Balaban J connectivity index is 1.60.